The molecule has 13 heavy (non-hydrogen) atoms. The molecule has 0 aromatic rings. The number of amidine groups is 1. The van der Waals surface area contributed by atoms with Crippen LogP contribution in [0.4, 0.5) is 0 Å². The van der Waals surface area contributed by atoms with Gasteiger partial charge in [0.2, 0.25) is 0 Å². The molecule has 0 atom stereocenters. The molecule has 0 heterocycles. The minimum atomic E-state index is 0.775. The Balaban J connectivity index is 3.47. The van der Waals surface area contributed by atoms with Crippen LogP contribution < -0.4 is 11.3 Å². The van der Waals surface area contributed by atoms with E-state index in [1.807, 2.05) is 6.92 Å². The van der Waals surface area contributed by atoms with Gasteiger partial charge in [-0.05, 0) is 19.8 Å². The van der Waals surface area contributed by atoms with Crippen molar-refractivity contribution < 1.29 is 4.74 Å². The van der Waals surface area contributed by atoms with Crippen LogP contribution in [0.2, 0.25) is 0 Å². The van der Waals surface area contributed by atoms with Crippen molar-refractivity contribution in [3.05, 3.63) is 0 Å². The summed E-state index contributed by atoms with van der Waals surface area (Å²) in [6.07, 6.45) is 2.90. The molecule has 0 unspecified atom stereocenters. The van der Waals surface area contributed by atoms with Gasteiger partial charge in [-0.15, -0.1) is 0 Å². The lowest BCUT2D eigenvalue weighted by molar-refractivity contribution is 0.146. The van der Waals surface area contributed by atoms with Gasteiger partial charge in [0.25, 0.3) is 0 Å². The van der Waals surface area contributed by atoms with E-state index in [-0.39, 0.29) is 0 Å². The van der Waals surface area contributed by atoms with Gasteiger partial charge in [-0.1, -0.05) is 6.92 Å². The molecule has 0 aliphatic heterocycles. The molecule has 0 saturated heterocycles. The highest BCUT2D eigenvalue weighted by atomic mass is 16.5. The molecule has 0 radical (unpaired) electrons. The molecule has 0 aliphatic carbocycles. The van der Waals surface area contributed by atoms with Crippen LogP contribution in [0.3, 0.4) is 0 Å². The van der Waals surface area contributed by atoms with E-state index in [1.165, 1.54) is 0 Å². The van der Waals surface area contributed by atoms with E-state index in [4.69, 9.17) is 10.6 Å². The number of aliphatic imine (C=N–C) groups is 1. The molecule has 4 nitrogen and oxygen atoms in total. The monoisotopic (exact) mass is 187 g/mol. The summed E-state index contributed by atoms with van der Waals surface area (Å²) in [4.78, 5) is 4.28. The zero-order chi connectivity index (χ0) is 9.94. The van der Waals surface area contributed by atoms with E-state index in [2.05, 4.69) is 17.3 Å². The molecule has 0 bridgehead atoms. The Hall–Kier alpha value is -0.610. The van der Waals surface area contributed by atoms with E-state index < -0.39 is 0 Å². The Morgan fingerprint density at radius 1 is 1.46 bits per heavy atom. The predicted molar refractivity (Wildman–Crippen MR) is 55.6 cm³/mol. The Bertz CT molecular complexity index is 137. The molecular formula is C9H21N3O. The van der Waals surface area contributed by atoms with Crippen molar-refractivity contribution in [2.45, 2.75) is 33.1 Å². The molecule has 0 spiro atoms. The fourth-order valence-electron chi connectivity index (χ4n) is 0.930. The highest BCUT2D eigenvalue weighted by Gasteiger charge is 1.95. The van der Waals surface area contributed by atoms with Crippen LogP contribution in [0.25, 0.3) is 0 Å². The third kappa shape index (κ3) is 7.74. The topological polar surface area (TPSA) is 59.6 Å². The summed E-state index contributed by atoms with van der Waals surface area (Å²) in [5.74, 6) is 6.18. The smallest absolute Gasteiger partial charge is 0.110 e. The molecule has 0 fully saturated rings. The number of rotatable bonds is 7. The summed E-state index contributed by atoms with van der Waals surface area (Å²) < 4.78 is 5.21. The minimum absolute atomic E-state index is 0.775. The fourth-order valence-corrected chi connectivity index (χ4v) is 0.930. The Kier molecular flexibility index (Phi) is 9.03. The third-order valence-electron chi connectivity index (χ3n) is 1.60. The van der Waals surface area contributed by atoms with Gasteiger partial charge >= 0.3 is 0 Å². The fraction of sp³-hybridized carbons (Fsp3) is 0.889. The summed E-state index contributed by atoms with van der Waals surface area (Å²) in [7, 11) is 0. The van der Waals surface area contributed by atoms with E-state index in [1.54, 1.807) is 0 Å². The van der Waals surface area contributed by atoms with E-state index in [0.717, 1.165) is 44.9 Å². The number of nitrogens with zero attached hydrogens (tertiary/aromatic N) is 1. The molecule has 3 N–H and O–H groups in total. The van der Waals surface area contributed by atoms with Gasteiger partial charge in [-0.25, -0.2) is 5.84 Å². The van der Waals surface area contributed by atoms with Crippen LogP contribution in [0.1, 0.15) is 33.1 Å². The van der Waals surface area contributed by atoms with Crippen LogP contribution in [0.5, 0.6) is 0 Å². The number of ether oxygens (including phenoxy) is 1. The summed E-state index contributed by atoms with van der Waals surface area (Å²) in [5, 5.41) is 0. The van der Waals surface area contributed by atoms with Crippen LogP contribution in [-0.2, 0) is 4.74 Å². The van der Waals surface area contributed by atoms with E-state index >= 15 is 0 Å². The number of hydrogen-bond donors (Lipinski definition) is 2. The van der Waals surface area contributed by atoms with Gasteiger partial charge in [-0.2, -0.15) is 0 Å². The van der Waals surface area contributed by atoms with Crippen LogP contribution in [0.15, 0.2) is 4.99 Å². The first-order valence-electron chi connectivity index (χ1n) is 4.92. The number of hydrogen-bond acceptors (Lipinski definition) is 3. The maximum atomic E-state index is 5.31. The minimum Gasteiger partial charge on any atom is -0.382 e. The van der Waals surface area contributed by atoms with Gasteiger partial charge in [0.15, 0.2) is 0 Å². The first-order valence-corrected chi connectivity index (χ1v) is 4.92. The molecule has 0 amide bonds. The van der Waals surface area contributed by atoms with Crippen LogP contribution >= 0.6 is 0 Å². The molecule has 0 aromatic heterocycles. The molecule has 0 aromatic carbocycles. The Labute approximate surface area is 80.5 Å². The second-order valence-corrected chi connectivity index (χ2v) is 2.77. The predicted octanol–water partition coefficient (Wildman–Crippen LogP) is 1.07. The maximum absolute atomic E-state index is 5.31. The number of nitrogens with two attached hydrogens (primary N) is 1. The van der Waals surface area contributed by atoms with Crippen LogP contribution in [-0.4, -0.2) is 25.6 Å². The van der Waals surface area contributed by atoms with Crippen molar-refractivity contribution in [2.24, 2.45) is 10.8 Å². The summed E-state index contributed by atoms with van der Waals surface area (Å²) in [6.45, 7) is 6.49. The molecule has 0 rings (SSSR count). The summed E-state index contributed by atoms with van der Waals surface area (Å²) >= 11 is 0. The zero-order valence-corrected chi connectivity index (χ0v) is 8.68. The van der Waals surface area contributed by atoms with Gasteiger partial charge in [-0.3, -0.25) is 4.99 Å². The van der Waals surface area contributed by atoms with Crippen molar-refractivity contribution in [2.75, 3.05) is 19.8 Å². The van der Waals surface area contributed by atoms with Gasteiger partial charge < -0.3 is 10.2 Å². The quantitative estimate of drug-likeness (QED) is 0.206. The zero-order valence-electron chi connectivity index (χ0n) is 8.68. The van der Waals surface area contributed by atoms with Crippen molar-refractivity contribution in [1.82, 2.24) is 5.43 Å². The lowest BCUT2D eigenvalue weighted by Crippen LogP contribution is -2.30. The SMILES string of the molecule is CCCN=C(CCCOCC)NN. The average molecular weight is 187 g/mol. The lowest BCUT2D eigenvalue weighted by Gasteiger charge is -2.05. The van der Waals surface area contributed by atoms with Gasteiger partial charge in [0.1, 0.15) is 5.84 Å². The highest BCUT2D eigenvalue weighted by Crippen LogP contribution is 1.92. The van der Waals surface area contributed by atoms with Crippen molar-refractivity contribution in [3.63, 3.8) is 0 Å². The second-order valence-electron chi connectivity index (χ2n) is 2.77. The normalized spacial score (nSPS) is 11.8. The summed E-state index contributed by atoms with van der Waals surface area (Å²) in [6, 6.07) is 0. The number of nitrogens with one attached hydrogen (secondary N) is 1. The van der Waals surface area contributed by atoms with Gasteiger partial charge in [0.05, 0.1) is 0 Å². The maximum Gasteiger partial charge on any atom is 0.110 e. The molecule has 0 aliphatic rings. The lowest BCUT2D eigenvalue weighted by atomic mass is 10.3. The average Bonchev–Trinajstić information content (AvgIpc) is 2.17. The van der Waals surface area contributed by atoms with E-state index in [0.29, 0.717) is 0 Å². The van der Waals surface area contributed by atoms with E-state index in [9.17, 15) is 0 Å². The molecular weight excluding hydrogens is 166 g/mol. The standard InChI is InChI=1S/C9H21N3O/c1-3-7-11-9(12-10)6-5-8-13-4-2/h3-8,10H2,1-2H3,(H,11,12). The molecule has 78 valence electrons. The second kappa shape index (κ2) is 9.48. The highest BCUT2D eigenvalue weighted by molar-refractivity contribution is 5.81. The largest absolute Gasteiger partial charge is 0.382 e. The molecule has 0 saturated carbocycles. The van der Waals surface area contributed by atoms with Crippen molar-refractivity contribution in [3.8, 4) is 0 Å². The van der Waals surface area contributed by atoms with Crippen LogP contribution in [0, 0.1) is 0 Å². The summed E-state index contributed by atoms with van der Waals surface area (Å²) in [5.41, 5.74) is 2.61. The number of hydrazine groups is 1. The Morgan fingerprint density at radius 2 is 2.23 bits per heavy atom. The first kappa shape index (κ1) is 12.4. The Morgan fingerprint density at radius 3 is 2.77 bits per heavy atom. The van der Waals surface area contributed by atoms with Crippen molar-refractivity contribution in [1.29, 1.82) is 0 Å². The van der Waals surface area contributed by atoms with Gasteiger partial charge in [0, 0.05) is 26.2 Å². The first-order chi connectivity index (χ1) is 6.35. The third-order valence-corrected chi connectivity index (χ3v) is 1.60. The van der Waals surface area contributed by atoms with Crippen molar-refractivity contribution >= 4 is 5.84 Å². The molecule has 4 heteroatoms.